The van der Waals surface area contributed by atoms with Crippen molar-refractivity contribution in [1.29, 1.82) is 0 Å². The van der Waals surface area contributed by atoms with Gasteiger partial charge in [-0.2, -0.15) is 0 Å². The van der Waals surface area contributed by atoms with E-state index in [1.807, 2.05) is 7.05 Å². The van der Waals surface area contributed by atoms with Crippen molar-refractivity contribution in [3.05, 3.63) is 11.6 Å². The molecule has 0 aliphatic heterocycles. The Morgan fingerprint density at radius 1 is 1.10 bits per heavy atom. The summed E-state index contributed by atoms with van der Waals surface area (Å²) in [6, 6.07) is 0. The lowest BCUT2D eigenvalue weighted by Gasteiger charge is -2.63. The van der Waals surface area contributed by atoms with E-state index in [4.69, 9.17) is 0 Å². The summed E-state index contributed by atoms with van der Waals surface area (Å²) in [6.07, 6.45) is 12.6. The van der Waals surface area contributed by atoms with E-state index in [1.54, 1.807) is 5.57 Å². The SMILES string of the molecule is CNCCCC/C=C1\CC[C@@]2(C)C(C1)C(CO)C(O)C1C2CC[C@]2(C)C(=O)CCC12. The van der Waals surface area contributed by atoms with Gasteiger partial charge in [0.2, 0.25) is 0 Å². The van der Waals surface area contributed by atoms with Crippen LogP contribution < -0.4 is 5.32 Å². The molecule has 8 atom stereocenters. The van der Waals surface area contributed by atoms with Crippen molar-refractivity contribution in [3.63, 3.8) is 0 Å². The molecule has 0 aromatic carbocycles. The molecule has 0 amide bonds. The fourth-order valence-electron chi connectivity index (χ4n) is 8.24. The van der Waals surface area contributed by atoms with E-state index in [0.717, 1.165) is 45.1 Å². The van der Waals surface area contributed by atoms with Crippen molar-refractivity contribution in [2.24, 2.45) is 40.4 Å². The number of carbonyl (C=O) groups excluding carboxylic acids is 1. The third-order valence-electron chi connectivity index (χ3n) is 10.1. The van der Waals surface area contributed by atoms with Crippen molar-refractivity contribution >= 4 is 5.78 Å². The molecule has 0 spiro atoms. The van der Waals surface area contributed by atoms with Gasteiger partial charge in [0.05, 0.1) is 6.10 Å². The summed E-state index contributed by atoms with van der Waals surface area (Å²) in [5.74, 6) is 1.69. The van der Waals surface area contributed by atoms with Crippen LogP contribution in [0.1, 0.15) is 78.1 Å². The van der Waals surface area contributed by atoms with Crippen LogP contribution in [0.2, 0.25) is 0 Å². The molecule has 4 fully saturated rings. The Bertz CT molecular complexity index is 675. The van der Waals surface area contributed by atoms with Crippen LogP contribution >= 0.6 is 0 Å². The number of Topliss-reactive ketones (excluding diaryl/α,β-unsaturated/α-hetero) is 1. The average molecular weight is 418 g/mol. The highest BCUT2D eigenvalue weighted by molar-refractivity contribution is 5.87. The monoisotopic (exact) mass is 417 g/mol. The molecule has 170 valence electrons. The van der Waals surface area contributed by atoms with Crippen LogP contribution in [0.3, 0.4) is 0 Å². The molecule has 0 aromatic rings. The number of ketones is 1. The third kappa shape index (κ3) is 3.51. The maximum atomic E-state index is 12.7. The highest BCUT2D eigenvalue weighted by Gasteiger charge is 2.64. The van der Waals surface area contributed by atoms with Gasteiger partial charge in [-0.15, -0.1) is 0 Å². The first-order chi connectivity index (χ1) is 14.4. The Morgan fingerprint density at radius 2 is 1.90 bits per heavy atom. The smallest absolute Gasteiger partial charge is 0.139 e. The molecule has 30 heavy (non-hydrogen) atoms. The minimum atomic E-state index is -0.469. The number of fused-ring (bicyclic) bond motifs is 5. The summed E-state index contributed by atoms with van der Waals surface area (Å²) in [6.45, 7) is 5.76. The molecule has 0 saturated heterocycles. The van der Waals surface area contributed by atoms with Crippen LogP contribution in [0.15, 0.2) is 11.6 Å². The number of nitrogens with one attached hydrogen (secondary N) is 1. The number of allylic oxidation sites excluding steroid dienone is 2. The number of rotatable bonds is 6. The molecule has 0 heterocycles. The zero-order valence-electron chi connectivity index (χ0n) is 19.3. The minimum absolute atomic E-state index is 0.0534. The highest BCUT2D eigenvalue weighted by atomic mass is 16.3. The van der Waals surface area contributed by atoms with Gasteiger partial charge >= 0.3 is 0 Å². The molecule has 0 radical (unpaired) electrons. The number of unbranched alkanes of at least 4 members (excludes halogenated alkanes) is 2. The second kappa shape index (κ2) is 8.67. The molecule has 4 heteroatoms. The van der Waals surface area contributed by atoms with Crippen molar-refractivity contribution < 1.29 is 15.0 Å². The first-order valence-electron chi connectivity index (χ1n) is 12.5. The summed E-state index contributed by atoms with van der Waals surface area (Å²) in [5, 5.41) is 25.1. The van der Waals surface area contributed by atoms with E-state index in [0.29, 0.717) is 30.0 Å². The molecule has 4 saturated carbocycles. The molecule has 4 aliphatic carbocycles. The molecule has 4 rings (SSSR count). The molecular formula is C26H43NO3. The summed E-state index contributed by atoms with van der Waals surface area (Å²) in [4.78, 5) is 12.7. The molecule has 4 nitrogen and oxygen atoms in total. The first-order valence-corrected chi connectivity index (χ1v) is 12.5. The van der Waals surface area contributed by atoms with Gasteiger partial charge in [-0.25, -0.2) is 0 Å². The number of hydrogen-bond donors (Lipinski definition) is 3. The molecule has 3 N–H and O–H groups in total. The van der Waals surface area contributed by atoms with Crippen LogP contribution in [0.5, 0.6) is 0 Å². The number of aliphatic hydroxyl groups is 2. The molecule has 0 aromatic heterocycles. The predicted octanol–water partition coefficient (Wildman–Crippen LogP) is 4.10. The number of hydrogen-bond acceptors (Lipinski definition) is 4. The molecule has 6 unspecified atom stereocenters. The summed E-state index contributed by atoms with van der Waals surface area (Å²) in [7, 11) is 2.01. The zero-order chi connectivity index (χ0) is 21.5. The normalized spacial score (nSPS) is 47.1. The zero-order valence-corrected chi connectivity index (χ0v) is 19.3. The first kappa shape index (κ1) is 22.5. The molecule has 4 aliphatic rings. The number of carbonyl (C=O) groups is 1. The van der Waals surface area contributed by atoms with Gasteiger partial charge in [-0.1, -0.05) is 25.5 Å². The van der Waals surface area contributed by atoms with E-state index in [-0.39, 0.29) is 29.3 Å². The standard InChI is InChI=1S/C26H43NO3/c1-25-12-10-17(7-5-4-6-14-27-3)15-21(25)18(16-28)24(30)23-19-8-9-22(29)26(19,2)13-11-20(23)25/h7,18-21,23-24,27-28,30H,4-6,8-16H2,1-3H3/b17-7+/t18?,19?,20?,21?,23?,24?,25-,26+/m1/s1. The van der Waals surface area contributed by atoms with Gasteiger partial charge in [0.1, 0.15) is 5.78 Å². The topological polar surface area (TPSA) is 69.6 Å². The summed E-state index contributed by atoms with van der Waals surface area (Å²) >= 11 is 0. The fourth-order valence-corrected chi connectivity index (χ4v) is 8.24. The van der Waals surface area contributed by atoms with Crippen LogP contribution in [0.25, 0.3) is 0 Å². The Balaban J connectivity index is 1.55. The van der Waals surface area contributed by atoms with E-state index in [2.05, 4.69) is 25.2 Å². The van der Waals surface area contributed by atoms with E-state index >= 15 is 0 Å². The van der Waals surface area contributed by atoms with Crippen molar-refractivity contribution in [2.45, 2.75) is 84.2 Å². The van der Waals surface area contributed by atoms with Crippen molar-refractivity contribution in [2.75, 3.05) is 20.2 Å². The quantitative estimate of drug-likeness (QED) is 0.449. The second-order valence-corrected chi connectivity index (χ2v) is 11.3. The average Bonchev–Trinajstić information content (AvgIpc) is 3.04. The second-order valence-electron chi connectivity index (χ2n) is 11.3. The van der Waals surface area contributed by atoms with Crippen LogP contribution in [-0.4, -0.2) is 42.3 Å². The lowest BCUT2D eigenvalue weighted by molar-refractivity contribution is -0.191. The van der Waals surface area contributed by atoms with E-state index in [1.165, 1.54) is 19.3 Å². The Labute approximate surface area is 182 Å². The minimum Gasteiger partial charge on any atom is -0.396 e. The maximum Gasteiger partial charge on any atom is 0.139 e. The molecule has 0 bridgehead atoms. The van der Waals surface area contributed by atoms with Crippen molar-refractivity contribution in [1.82, 2.24) is 5.32 Å². The van der Waals surface area contributed by atoms with E-state index in [9.17, 15) is 15.0 Å². The van der Waals surface area contributed by atoms with Crippen LogP contribution in [0, 0.1) is 40.4 Å². The predicted molar refractivity (Wildman–Crippen MR) is 120 cm³/mol. The summed E-state index contributed by atoms with van der Waals surface area (Å²) < 4.78 is 0. The van der Waals surface area contributed by atoms with Gasteiger partial charge in [0, 0.05) is 24.4 Å². The fraction of sp³-hybridized carbons (Fsp3) is 0.885. The number of aliphatic hydroxyl groups excluding tert-OH is 2. The summed E-state index contributed by atoms with van der Waals surface area (Å²) in [5.41, 5.74) is 1.48. The largest absolute Gasteiger partial charge is 0.396 e. The van der Waals surface area contributed by atoms with Gasteiger partial charge < -0.3 is 15.5 Å². The van der Waals surface area contributed by atoms with Crippen molar-refractivity contribution in [3.8, 4) is 0 Å². The Hall–Kier alpha value is -0.710. The van der Waals surface area contributed by atoms with E-state index < -0.39 is 6.10 Å². The van der Waals surface area contributed by atoms with Crippen LogP contribution in [-0.2, 0) is 4.79 Å². The van der Waals surface area contributed by atoms with Gasteiger partial charge in [0.25, 0.3) is 0 Å². The third-order valence-corrected chi connectivity index (χ3v) is 10.1. The maximum absolute atomic E-state index is 12.7. The van der Waals surface area contributed by atoms with Crippen LogP contribution in [0.4, 0.5) is 0 Å². The highest BCUT2D eigenvalue weighted by Crippen LogP contribution is 2.67. The Morgan fingerprint density at radius 3 is 2.63 bits per heavy atom. The van der Waals surface area contributed by atoms with Gasteiger partial charge in [-0.3, -0.25) is 4.79 Å². The lowest BCUT2D eigenvalue weighted by Crippen LogP contribution is -2.62. The van der Waals surface area contributed by atoms with Gasteiger partial charge in [0.15, 0.2) is 0 Å². The lowest BCUT2D eigenvalue weighted by atomic mass is 9.42. The Kier molecular flexibility index (Phi) is 6.50. The molecular weight excluding hydrogens is 374 g/mol. The van der Waals surface area contributed by atoms with Gasteiger partial charge in [-0.05, 0) is 100 Å².